The molecule has 4 rings (SSSR count). The summed E-state index contributed by atoms with van der Waals surface area (Å²) < 4.78 is 0. The highest BCUT2D eigenvalue weighted by molar-refractivity contribution is 7.13. The van der Waals surface area contributed by atoms with E-state index in [1.807, 2.05) is 0 Å². The van der Waals surface area contributed by atoms with Gasteiger partial charge in [-0.1, -0.05) is 31.2 Å². The van der Waals surface area contributed by atoms with Crippen LogP contribution >= 0.6 is 11.3 Å². The van der Waals surface area contributed by atoms with E-state index in [0.29, 0.717) is 0 Å². The maximum absolute atomic E-state index is 4.88. The summed E-state index contributed by atoms with van der Waals surface area (Å²) in [5.74, 6) is 0.769. The Bertz CT molecular complexity index is 779. The van der Waals surface area contributed by atoms with Gasteiger partial charge >= 0.3 is 0 Å². The molecule has 0 saturated carbocycles. The quantitative estimate of drug-likeness (QED) is 0.647. The lowest BCUT2D eigenvalue weighted by Crippen LogP contribution is -2.34. The minimum atomic E-state index is 0.769. The third kappa shape index (κ3) is 2.50. The third-order valence-corrected chi connectivity index (χ3v) is 5.36. The van der Waals surface area contributed by atoms with Crippen LogP contribution in [0.15, 0.2) is 47.8 Å². The Balaban J connectivity index is 1.87. The molecule has 3 heteroatoms. The smallest absolute Gasteiger partial charge is 0.0830 e. The topological polar surface area (TPSA) is 16.1 Å². The Morgan fingerprint density at radius 3 is 2.91 bits per heavy atom. The fraction of sp³-hybridized carbons (Fsp3) is 0.316. The molecule has 1 saturated heterocycles. The minimum absolute atomic E-state index is 0.769. The highest BCUT2D eigenvalue weighted by Crippen LogP contribution is 2.34. The number of nitrogens with zero attached hydrogens (tertiary/aromatic N) is 2. The predicted molar refractivity (Wildman–Crippen MR) is 95.7 cm³/mol. The van der Waals surface area contributed by atoms with Crippen LogP contribution in [0.1, 0.15) is 19.8 Å². The lowest BCUT2D eigenvalue weighted by atomic mass is 9.99. The second kappa shape index (κ2) is 5.73. The molecule has 0 aliphatic carbocycles. The zero-order chi connectivity index (χ0) is 14.9. The van der Waals surface area contributed by atoms with E-state index in [0.717, 1.165) is 30.2 Å². The van der Waals surface area contributed by atoms with Crippen molar-refractivity contribution in [3.8, 4) is 10.6 Å². The third-order valence-electron chi connectivity index (χ3n) is 4.47. The van der Waals surface area contributed by atoms with Gasteiger partial charge in [-0.15, -0.1) is 11.3 Å². The number of hydrogen-bond acceptors (Lipinski definition) is 3. The van der Waals surface area contributed by atoms with Gasteiger partial charge in [-0.2, -0.15) is 0 Å². The summed E-state index contributed by atoms with van der Waals surface area (Å²) in [5.41, 5.74) is 3.55. The number of fused-ring (bicyclic) bond motifs is 1. The average molecular weight is 308 g/mol. The van der Waals surface area contributed by atoms with Crippen LogP contribution in [0.2, 0.25) is 0 Å². The molecule has 0 spiro atoms. The lowest BCUT2D eigenvalue weighted by molar-refractivity contribution is 0.447. The Morgan fingerprint density at radius 2 is 2.09 bits per heavy atom. The van der Waals surface area contributed by atoms with Crippen molar-refractivity contribution in [3.05, 3.63) is 47.8 Å². The molecule has 0 N–H and O–H groups in total. The van der Waals surface area contributed by atoms with Gasteiger partial charge in [-0.3, -0.25) is 0 Å². The van der Waals surface area contributed by atoms with E-state index in [2.05, 4.69) is 59.7 Å². The molecule has 1 aliphatic rings. The lowest BCUT2D eigenvalue weighted by Gasteiger charge is -2.33. The number of rotatable bonds is 2. The van der Waals surface area contributed by atoms with Gasteiger partial charge in [0.15, 0.2) is 0 Å². The molecule has 0 radical (unpaired) electrons. The molecule has 22 heavy (non-hydrogen) atoms. The van der Waals surface area contributed by atoms with Gasteiger partial charge in [0.25, 0.3) is 0 Å². The molecule has 3 heterocycles. The van der Waals surface area contributed by atoms with Crippen molar-refractivity contribution in [3.63, 3.8) is 0 Å². The molecule has 1 fully saturated rings. The van der Waals surface area contributed by atoms with Gasteiger partial charge in [0.2, 0.25) is 0 Å². The van der Waals surface area contributed by atoms with Crippen LogP contribution in [0.3, 0.4) is 0 Å². The Hall–Kier alpha value is -1.87. The van der Waals surface area contributed by atoms with Gasteiger partial charge in [0.1, 0.15) is 0 Å². The summed E-state index contributed by atoms with van der Waals surface area (Å²) >= 11 is 1.76. The van der Waals surface area contributed by atoms with Crippen molar-refractivity contribution in [2.24, 2.45) is 5.92 Å². The van der Waals surface area contributed by atoms with Crippen molar-refractivity contribution < 1.29 is 0 Å². The molecule has 1 atom stereocenters. The molecule has 1 aliphatic heterocycles. The maximum Gasteiger partial charge on any atom is 0.0830 e. The van der Waals surface area contributed by atoms with Crippen LogP contribution < -0.4 is 4.90 Å². The van der Waals surface area contributed by atoms with E-state index in [1.54, 1.807) is 11.3 Å². The van der Waals surface area contributed by atoms with Crippen LogP contribution in [0.5, 0.6) is 0 Å². The number of thiophene rings is 1. The van der Waals surface area contributed by atoms with Crippen LogP contribution in [0.25, 0.3) is 21.5 Å². The predicted octanol–water partition coefficient (Wildman–Crippen LogP) is 5.20. The zero-order valence-electron chi connectivity index (χ0n) is 12.8. The Kier molecular flexibility index (Phi) is 3.59. The molecule has 0 unspecified atom stereocenters. The molecule has 112 valence electrons. The van der Waals surface area contributed by atoms with E-state index >= 15 is 0 Å². The van der Waals surface area contributed by atoms with E-state index < -0.39 is 0 Å². The molecule has 2 aromatic heterocycles. The number of anilines is 1. The summed E-state index contributed by atoms with van der Waals surface area (Å²) in [6.07, 6.45) is 2.63. The summed E-state index contributed by atoms with van der Waals surface area (Å²) in [4.78, 5) is 8.67. The first-order chi connectivity index (χ1) is 10.8. The number of piperidine rings is 1. The van der Waals surface area contributed by atoms with E-state index in [9.17, 15) is 0 Å². The number of para-hydroxylation sites is 1. The first kappa shape index (κ1) is 13.8. The molecule has 3 aromatic rings. The van der Waals surface area contributed by atoms with Gasteiger partial charge < -0.3 is 4.90 Å². The number of benzene rings is 1. The van der Waals surface area contributed by atoms with Crippen molar-refractivity contribution in [1.29, 1.82) is 0 Å². The first-order valence-corrected chi connectivity index (χ1v) is 8.88. The Labute approximate surface area is 135 Å². The van der Waals surface area contributed by atoms with Gasteiger partial charge in [-0.25, -0.2) is 4.98 Å². The SMILES string of the molecule is C[C@H]1CCCN(c2cc(-c3cccs3)nc3ccccc23)C1. The van der Waals surface area contributed by atoms with Crippen LogP contribution in [-0.4, -0.2) is 18.1 Å². The molecule has 0 bridgehead atoms. The van der Waals surface area contributed by atoms with Gasteiger partial charge in [0.05, 0.1) is 16.1 Å². The van der Waals surface area contributed by atoms with Crippen LogP contribution in [0, 0.1) is 5.92 Å². The molecular weight excluding hydrogens is 288 g/mol. The van der Waals surface area contributed by atoms with E-state index in [-0.39, 0.29) is 0 Å². The summed E-state index contributed by atoms with van der Waals surface area (Å²) in [5, 5.41) is 3.39. The summed E-state index contributed by atoms with van der Waals surface area (Å²) in [6, 6.07) is 15.1. The first-order valence-electron chi connectivity index (χ1n) is 8.00. The highest BCUT2D eigenvalue weighted by Gasteiger charge is 2.19. The number of hydrogen-bond donors (Lipinski definition) is 0. The molecule has 2 nitrogen and oxygen atoms in total. The van der Waals surface area contributed by atoms with Gasteiger partial charge in [0, 0.05) is 24.2 Å². The van der Waals surface area contributed by atoms with Crippen molar-refractivity contribution in [2.75, 3.05) is 18.0 Å². The highest BCUT2D eigenvalue weighted by atomic mass is 32.1. The average Bonchev–Trinajstić information content (AvgIpc) is 3.08. The fourth-order valence-corrected chi connectivity index (χ4v) is 4.06. The van der Waals surface area contributed by atoms with E-state index in [4.69, 9.17) is 4.98 Å². The molecule has 0 amide bonds. The maximum atomic E-state index is 4.88. The van der Waals surface area contributed by atoms with E-state index in [1.165, 1.54) is 28.8 Å². The largest absolute Gasteiger partial charge is 0.371 e. The van der Waals surface area contributed by atoms with Crippen molar-refractivity contribution in [1.82, 2.24) is 4.98 Å². The van der Waals surface area contributed by atoms with Crippen LogP contribution in [0.4, 0.5) is 5.69 Å². The summed E-state index contributed by atoms with van der Waals surface area (Å²) in [6.45, 7) is 4.66. The number of aromatic nitrogens is 1. The monoisotopic (exact) mass is 308 g/mol. The number of pyridine rings is 1. The Morgan fingerprint density at radius 1 is 1.18 bits per heavy atom. The standard InChI is InChI=1S/C19H20N2S/c1-14-6-4-10-21(13-14)18-12-17(19-9-5-11-22-19)20-16-8-3-2-7-15(16)18/h2-3,5,7-9,11-12,14H,4,6,10,13H2,1H3/t14-/m0/s1. The minimum Gasteiger partial charge on any atom is -0.371 e. The fourth-order valence-electron chi connectivity index (χ4n) is 3.38. The molecular formula is C19H20N2S. The van der Waals surface area contributed by atoms with Crippen molar-refractivity contribution >= 4 is 27.9 Å². The van der Waals surface area contributed by atoms with Crippen LogP contribution in [-0.2, 0) is 0 Å². The zero-order valence-corrected chi connectivity index (χ0v) is 13.6. The molecule has 1 aromatic carbocycles. The second-order valence-corrected chi connectivity index (χ2v) is 7.16. The van der Waals surface area contributed by atoms with Crippen molar-refractivity contribution in [2.45, 2.75) is 19.8 Å². The normalized spacial score (nSPS) is 18.8. The summed E-state index contributed by atoms with van der Waals surface area (Å²) in [7, 11) is 0. The van der Waals surface area contributed by atoms with Gasteiger partial charge in [-0.05, 0) is 42.3 Å². The second-order valence-electron chi connectivity index (χ2n) is 6.21.